The van der Waals surface area contributed by atoms with E-state index in [9.17, 15) is 9.59 Å². The van der Waals surface area contributed by atoms with E-state index in [4.69, 9.17) is 0 Å². The van der Waals surface area contributed by atoms with Gasteiger partial charge < -0.3 is 15.5 Å². The molecule has 0 bridgehead atoms. The number of carbonyl (C=O) groups is 2. The van der Waals surface area contributed by atoms with Gasteiger partial charge in [-0.15, -0.1) is 11.3 Å². The fourth-order valence-corrected chi connectivity index (χ4v) is 2.76. The molecule has 24 heavy (non-hydrogen) atoms. The Kier molecular flexibility index (Phi) is 6.31. The molecule has 0 unspecified atom stereocenters. The van der Waals surface area contributed by atoms with Gasteiger partial charge in [0, 0.05) is 30.7 Å². The van der Waals surface area contributed by atoms with Crippen molar-refractivity contribution in [3.8, 4) is 0 Å². The highest BCUT2D eigenvalue weighted by Crippen LogP contribution is 2.17. The zero-order valence-corrected chi connectivity index (χ0v) is 14.9. The molecule has 0 radical (unpaired) electrons. The van der Waals surface area contributed by atoms with Crippen LogP contribution in [0.2, 0.25) is 0 Å². The van der Waals surface area contributed by atoms with Crippen molar-refractivity contribution in [3.63, 3.8) is 0 Å². The first kappa shape index (κ1) is 17.9. The van der Waals surface area contributed by atoms with Gasteiger partial charge in [0.05, 0.1) is 12.6 Å². The van der Waals surface area contributed by atoms with Gasteiger partial charge in [-0.3, -0.25) is 4.79 Å². The monoisotopic (exact) mass is 346 g/mol. The van der Waals surface area contributed by atoms with E-state index in [0.29, 0.717) is 13.0 Å². The van der Waals surface area contributed by atoms with E-state index in [0.717, 1.165) is 16.3 Å². The molecular formula is C17H22N4O2S. The summed E-state index contributed by atoms with van der Waals surface area (Å²) in [4.78, 5) is 29.4. The number of anilines is 1. The zero-order chi connectivity index (χ0) is 17.5. The Balaban J connectivity index is 1.90. The van der Waals surface area contributed by atoms with E-state index in [1.165, 1.54) is 11.3 Å². The van der Waals surface area contributed by atoms with Crippen molar-refractivity contribution in [1.29, 1.82) is 0 Å². The number of thiazole rings is 1. The van der Waals surface area contributed by atoms with Crippen LogP contribution in [0, 0.1) is 0 Å². The molecule has 128 valence electrons. The molecule has 0 aliphatic carbocycles. The Morgan fingerprint density at radius 3 is 2.58 bits per heavy atom. The molecule has 3 amide bonds. The fraction of sp³-hybridized carbons (Fsp3) is 0.353. The Hall–Kier alpha value is -2.41. The van der Waals surface area contributed by atoms with E-state index < -0.39 is 0 Å². The van der Waals surface area contributed by atoms with Crippen molar-refractivity contribution >= 4 is 29.0 Å². The average molecular weight is 346 g/mol. The minimum Gasteiger partial charge on any atom is -0.331 e. The number of hydrogen-bond donors (Lipinski definition) is 2. The van der Waals surface area contributed by atoms with Crippen LogP contribution in [0.3, 0.4) is 0 Å². The lowest BCUT2D eigenvalue weighted by Crippen LogP contribution is -2.38. The number of nitrogens with one attached hydrogen (secondary N) is 2. The van der Waals surface area contributed by atoms with Gasteiger partial charge in [0.1, 0.15) is 5.01 Å². The van der Waals surface area contributed by atoms with E-state index in [1.807, 2.05) is 43.5 Å². The van der Waals surface area contributed by atoms with Crippen molar-refractivity contribution in [2.24, 2.45) is 0 Å². The maximum absolute atomic E-state index is 12.2. The maximum Gasteiger partial charge on any atom is 0.317 e. The first-order valence-electron chi connectivity index (χ1n) is 7.79. The topological polar surface area (TPSA) is 74.3 Å². The molecule has 2 N–H and O–H groups in total. The Morgan fingerprint density at radius 2 is 2.00 bits per heavy atom. The van der Waals surface area contributed by atoms with Crippen molar-refractivity contribution in [3.05, 3.63) is 46.4 Å². The highest BCUT2D eigenvalue weighted by molar-refractivity contribution is 7.09. The van der Waals surface area contributed by atoms with Crippen LogP contribution in [0.5, 0.6) is 0 Å². The van der Waals surface area contributed by atoms with Crippen molar-refractivity contribution < 1.29 is 9.59 Å². The molecule has 1 aromatic carbocycles. The fourth-order valence-electron chi connectivity index (χ4n) is 2.09. The Labute approximate surface area is 145 Å². The van der Waals surface area contributed by atoms with E-state index in [1.54, 1.807) is 18.1 Å². The largest absolute Gasteiger partial charge is 0.331 e. The summed E-state index contributed by atoms with van der Waals surface area (Å²) in [5.74, 6) is -0.0205. The first-order valence-corrected chi connectivity index (χ1v) is 8.67. The van der Waals surface area contributed by atoms with Crippen LogP contribution in [-0.4, -0.2) is 28.9 Å². The second kappa shape index (κ2) is 8.44. The van der Waals surface area contributed by atoms with E-state index >= 15 is 0 Å². The molecule has 2 rings (SSSR count). The van der Waals surface area contributed by atoms with Gasteiger partial charge in [0.2, 0.25) is 5.91 Å². The molecular weight excluding hydrogens is 324 g/mol. The van der Waals surface area contributed by atoms with E-state index in [2.05, 4.69) is 15.6 Å². The van der Waals surface area contributed by atoms with Crippen LogP contribution in [0.25, 0.3) is 0 Å². The quantitative estimate of drug-likeness (QED) is 0.842. The number of carbonyl (C=O) groups excluding carboxylic acids is 2. The Bertz CT molecular complexity index is 670. The number of hydrogen-bond acceptors (Lipinski definition) is 4. The molecule has 0 spiro atoms. The molecule has 1 atom stereocenters. The SMILES string of the molecule is CCC(=O)Nc1ccc([C@H](C)NC(=O)N(C)Cc2nccs2)cc1. The van der Waals surface area contributed by atoms with Gasteiger partial charge in [-0.2, -0.15) is 0 Å². The van der Waals surface area contributed by atoms with Gasteiger partial charge in [-0.1, -0.05) is 19.1 Å². The molecule has 2 aromatic rings. The third kappa shape index (κ3) is 5.06. The smallest absolute Gasteiger partial charge is 0.317 e. The average Bonchev–Trinajstić information content (AvgIpc) is 3.08. The van der Waals surface area contributed by atoms with Crippen molar-refractivity contribution in [1.82, 2.24) is 15.2 Å². The molecule has 0 aliphatic heterocycles. The second-order valence-corrected chi connectivity index (χ2v) is 6.46. The summed E-state index contributed by atoms with van der Waals surface area (Å²) in [5.41, 5.74) is 1.73. The molecule has 7 heteroatoms. The number of amides is 3. The van der Waals surface area contributed by atoms with Gasteiger partial charge in [-0.25, -0.2) is 9.78 Å². The highest BCUT2D eigenvalue weighted by atomic mass is 32.1. The standard InChI is InChI=1S/C17H22N4O2S/c1-4-15(22)20-14-7-5-13(6-8-14)12(2)19-17(23)21(3)11-16-18-9-10-24-16/h5-10,12H,4,11H2,1-3H3,(H,19,23)(H,20,22)/t12-/m0/s1. The third-order valence-electron chi connectivity index (χ3n) is 3.56. The normalized spacial score (nSPS) is 11.6. The van der Waals surface area contributed by atoms with Gasteiger partial charge >= 0.3 is 6.03 Å². The molecule has 1 aromatic heterocycles. The van der Waals surface area contributed by atoms with Crippen LogP contribution in [0.15, 0.2) is 35.8 Å². The molecule has 0 fully saturated rings. The summed E-state index contributed by atoms with van der Waals surface area (Å²) in [5, 5.41) is 8.55. The summed E-state index contributed by atoms with van der Waals surface area (Å²) in [6.07, 6.45) is 2.17. The lowest BCUT2D eigenvalue weighted by atomic mass is 10.1. The summed E-state index contributed by atoms with van der Waals surface area (Å²) in [6.45, 7) is 4.22. The lowest BCUT2D eigenvalue weighted by molar-refractivity contribution is -0.115. The molecule has 1 heterocycles. The highest BCUT2D eigenvalue weighted by Gasteiger charge is 2.14. The van der Waals surface area contributed by atoms with Crippen LogP contribution in [0.1, 0.15) is 36.9 Å². The second-order valence-electron chi connectivity index (χ2n) is 5.48. The minimum atomic E-state index is -0.152. The van der Waals surface area contributed by atoms with Gasteiger partial charge in [0.15, 0.2) is 0 Å². The summed E-state index contributed by atoms with van der Waals surface area (Å²) in [7, 11) is 1.74. The van der Waals surface area contributed by atoms with E-state index in [-0.39, 0.29) is 18.0 Å². The summed E-state index contributed by atoms with van der Waals surface area (Å²) >= 11 is 1.52. The number of urea groups is 1. The summed E-state index contributed by atoms with van der Waals surface area (Å²) in [6, 6.07) is 7.19. The lowest BCUT2D eigenvalue weighted by Gasteiger charge is -2.21. The maximum atomic E-state index is 12.2. The Morgan fingerprint density at radius 1 is 1.29 bits per heavy atom. The van der Waals surface area contributed by atoms with Crippen LogP contribution >= 0.6 is 11.3 Å². The third-order valence-corrected chi connectivity index (χ3v) is 4.32. The number of rotatable bonds is 6. The zero-order valence-electron chi connectivity index (χ0n) is 14.1. The molecule has 6 nitrogen and oxygen atoms in total. The predicted octanol–water partition coefficient (Wildman–Crippen LogP) is 3.39. The van der Waals surface area contributed by atoms with Gasteiger partial charge in [0.25, 0.3) is 0 Å². The minimum absolute atomic E-state index is 0.0205. The van der Waals surface area contributed by atoms with Crippen LogP contribution in [0.4, 0.5) is 10.5 Å². The van der Waals surface area contributed by atoms with Crippen LogP contribution < -0.4 is 10.6 Å². The predicted molar refractivity (Wildman–Crippen MR) is 95.9 cm³/mol. The van der Waals surface area contributed by atoms with Crippen LogP contribution in [-0.2, 0) is 11.3 Å². The molecule has 0 aliphatic rings. The molecule has 0 saturated heterocycles. The number of nitrogens with zero attached hydrogens (tertiary/aromatic N) is 2. The van der Waals surface area contributed by atoms with Crippen molar-refractivity contribution in [2.75, 3.05) is 12.4 Å². The molecule has 0 saturated carbocycles. The first-order chi connectivity index (χ1) is 11.5. The number of aromatic nitrogens is 1. The number of benzene rings is 1. The van der Waals surface area contributed by atoms with Crippen molar-refractivity contribution in [2.45, 2.75) is 32.9 Å². The summed E-state index contributed by atoms with van der Waals surface area (Å²) < 4.78 is 0. The van der Waals surface area contributed by atoms with Gasteiger partial charge in [-0.05, 0) is 24.6 Å².